The quantitative estimate of drug-likeness (QED) is 0.412. The molecule has 0 aliphatic carbocycles. The molecule has 0 saturated heterocycles. The lowest BCUT2D eigenvalue weighted by Gasteiger charge is -2.27. The van der Waals surface area contributed by atoms with Crippen molar-refractivity contribution in [2.24, 2.45) is 5.41 Å². The molecule has 0 heterocycles. The number of hydrogen-bond acceptors (Lipinski definition) is 4. The van der Waals surface area contributed by atoms with Gasteiger partial charge in [0.25, 0.3) is 0 Å². The number of aliphatic hydroxyl groups is 1. The van der Waals surface area contributed by atoms with Crippen LogP contribution in [0.2, 0.25) is 0 Å². The molecule has 0 radical (unpaired) electrons. The van der Waals surface area contributed by atoms with E-state index in [1.807, 2.05) is 0 Å². The van der Waals surface area contributed by atoms with Crippen molar-refractivity contribution in [2.45, 2.75) is 26.9 Å². The number of esters is 1. The summed E-state index contributed by atoms with van der Waals surface area (Å²) >= 11 is 0. The van der Waals surface area contributed by atoms with Gasteiger partial charge in [-0.25, -0.2) is 0 Å². The minimum atomic E-state index is -1.04. The molecule has 14 heavy (non-hydrogen) atoms. The van der Waals surface area contributed by atoms with Crippen LogP contribution in [-0.4, -0.2) is 30.6 Å². The lowest BCUT2D eigenvalue weighted by molar-refractivity contribution is -0.155. The van der Waals surface area contributed by atoms with Crippen LogP contribution >= 0.6 is 0 Å². The third-order valence-electron chi connectivity index (χ3n) is 2.16. The summed E-state index contributed by atoms with van der Waals surface area (Å²) in [5.41, 5.74) is -0.603. The van der Waals surface area contributed by atoms with Crippen molar-refractivity contribution in [3.63, 3.8) is 0 Å². The van der Waals surface area contributed by atoms with E-state index in [1.54, 1.807) is 20.8 Å². The maximum absolute atomic E-state index is 11.3. The monoisotopic (exact) mass is 200 g/mol. The number of methoxy groups -OCH3 is 1. The van der Waals surface area contributed by atoms with Crippen molar-refractivity contribution in [1.29, 1.82) is 0 Å². The normalized spacial score (nSPS) is 14.8. The molecule has 1 N–H and O–H groups in total. The van der Waals surface area contributed by atoms with Crippen molar-refractivity contribution < 1.29 is 19.4 Å². The third-order valence-corrected chi connectivity index (χ3v) is 2.16. The smallest absolute Gasteiger partial charge is 0.314 e. The number of ether oxygens (including phenoxy) is 1. The zero-order chi connectivity index (χ0) is 11.4. The number of carbonyl (C=O) groups is 2. The van der Waals surface area contributed by atoms with E-state index in [2.05, 4.69) is 4.74 Å². The lowest BCUT2D eigenvalue weighted by atomic mass is 9.83. The summed E-state index contributed by atoms with van der Waals surface area (Å²) in [6.07, 6.45) is 0.793. The highest BCUT2D eigenvalue weighted by molar-refractivity contribution is 5.77. The first kappa shape index (κ1) is 12.8. The summed E-state index contributed by atoms with van der Waals surface area (Å²) < 4.78 is 4.55. The molecule has 4 nitrogen and oxygen atoms in total. The number of aliphatic hydroxyl groups excluding tert-OH is 1. The Morgan fingerprint density at radius 1 is 1.50 bits per heavy atom. The summed E-state index contributed by atoms with van der Waals surface area (Å²) in [6, 6.07) is 0. The Bertz CT molecular complexity index is 253. The van der Waals surface area contributed by atoms with Gasteiger partial charge in [0, 0.05) is 0 Å². The van der Waals surface area contributed by atoms with Crippen LogP contribution in [0.3, 0.4) is 0 Å². The Morgan fingerprint density at radius 2 is 2.00 bits per heavy atom. The Kier molecular flexibility index (Phi) is 4.50. The Hall–Kier alpha value is -1.16. The summed E-state index contributed by atoms with van der Waals surface area (Å²) in [7, 11) is 1.26. The summed E-state index contributed by atoms with van der Waals surface area (Å²) in [5.74, 6) is -0.511. The van der Waals surface area contributed by atoms with E-state index < -0.39 is 17.5 Å². The van der Waals surface area contributed by atoms with Gasteiger partial charge in [0.1, 0.15) is 6.29 Å². The Balaban J connectivity index is 4.82. The number of hydrogen-bond donors (Lipinski definition) is 1. The molecule has 0 unspecified atom stereocenters. The second kappa shape index (κ2) is 4.91. The van der Waals surface area contributed by atoms with Gasteiger partial charge in [-0.1, -0.05) is 0 Å². The highest BCUT2D eigenvalue weighted by Crippen LogP contribution is 2.26. The molecule has 0 aromatic carbocycles. The van der Waals surface area contributed by atoms with Crippen molar-refractivity contribution >= 4 is 12.3 Å². The molecule has 0 saturated carbocycles. The second-order valence-electron chi connectivity index (χ2n) is 3.66. The standard InChI is InChI=1S/C10H16O4/c1-7(5-6-11)8(12)10(2,3)9(13)14-4/h5-6,8,12H,1-4H3/b7-5+/t8-/m1/s1. The van der Waals surface area contributed by atoms with E-state index in [0.29, 0.717) is 11.9 Å². The molecular formula is C10H16O4. The van der Waals surface area contributed by atoms with E-state index in [9.17, 15) is 14.7 Å². The van der Waals surface area contributed by atoms with Crippen LogP contribution in [-0.2, 0) is 14.3 Å². The predicted molar refractivity (Wildman–Crippen MR) is 51.6 cm³/mol. The molecule has 0 fully saturated rings. The predicted octanol–water partition coefficient (Wildman–Crippen LogP) is 0.692. The molecule has 1 atom stereocenters. The van der Waals surface area contributed by atoms with Crippen LogP contribution in [0.25, 0.3) is 0 Å². The van der Waals surface area contributed by atoms with E-state index in [1.165, 1.54) is 13.2 Å². The van der Waals surface area contributed by atoms with Gasteiger partial charge in [-0.05, 0) is 32.4 Å². The first-order chi connectivity index (χ1) is 6.37. The summed E-state index contributed by atoms with van der Waals surface area (Å²) in [6.45, 7) is 4.71. The SMILES string of the molecule is COC(=O)C(C)(C)[C@H](O)/C(C)=C/C=O. The highest BCUT2D eigenvalue weighted by atomic mass is 16.5. The fraction of sp³-hybridized carbons (Fsp3) is 0.600. The average molecular weight is 200 g/mol. The molecule has 0 aromatic heterocycles. The topological polar surface area (TPSA) is 63.6 Å². The van der Waals surface area contributed by atoms with Gasteiger partial charge < -0.3 is 9.84 Å². The zero-order valence-electron chi connectivity index (χ0n) is 8.90. The molecule has 0 rings (SSSR count). The van der Waals surface area contributed by atoms with Gasteiger partial charge in [0.2, 0.25) is 0 Å². The zero-order valence-corrected chi connectivity index (χ0v) is 8.90. The lowest BCUT2D eigenvalue weighted by Crippen LogP contribution is -2.38. The van der Waals surface area contributed by atoms with Crippen LogP contribution in [0, 0.1) is 5.41 Å². The van der Waals surface area contributed by atoms with Crippen molar-refractivity contribution in [3.8, 4) is 0 Å². The molecular weight excluding hydrogens is 184 g/mol. The van der Waals surface area contributed by atoms with Gasteiger partial charge in [-0.3, -0.25) is 9.59 Å². The first-order valence-electron chi connectivity index (χ1n) is 4.26. The van der Waals surface area contributed by atoms with Crippen LogP contribution in [0.5, 0.6) is 0 Å². The maximum Gasteiger partial charge on any atom is 0.314 e. The maximum atomic E-state index is 11.3. The molecule has 0 spiro atoms. The number of allylic oxidation sites excluding steroid dienone is 1. The molecule has 0 aliphatic heterocycles. The molecule has 0 aromatic rings. The van der Waals surface area contributed by atoms with E-state index >= 15 is 0 Å². The van der Waals surface area contributed by atoms with Gasteiger partial charge in [0.05, 0.1) is 18.6 Å². The highest BCUT2D eigenvalue weighted by Gasteiger charge is 2.37. The van der Waals surface area contributed by atoms with Gasteiger partial charge in [0.15, 0.2) is 0 Å². The van der Waals surface area contributed by atoms with Crippen LogP contribution in [0.1, 0.15) is 20.8 Å². The largest absolute Gasteiger partial charge is 0.469 e. The molecule has 0 amide bonds. The Morgan fingerprint density at radius 3 is 2.36 bits per heavy atom. The van der Waals surface area contributed by atoms with Gasteiger partial charge in [-0.15, -0.1) is 0 Å². The first-order valence-corrected chi connectivity index (χ1v) is 4.26. The number of carbonyl (C=O) groups excluding carboxylic acids is 2. The van der Waals surface area contributed by atoms with Gasteiger partial charge >= 0.3 is 5.97 Å². The number of rotatable bonds is 4. The summed E-state index contributed by atoms with van der Waals surface area (Å²) in [4.78, 5) is 21.5. The fourth-order valence-electron chi connectivity index (χ4n) is 1.14. The molecule has 0 bridgehead atoms. The average Bonchev–Trinajstić information content (AvgIpc) is 2.15. The third kappa shape index (κ3) is 2.67. The molecule has 80 valence electrons. The van der Waals surface area contributed by atoms with Crippen LogP contribution in [0.15, 0.2) is 11.6 Å². The minimum Gasteiger partial charge on any atom is -0.469 e. The minimum absolute atomic E-state index is 0.440. The van der Waals surface area contributed by atoms with Crippen LogP contribution < -0.4 is 0 Å². The Labute approximate surface area is 83.6 Å². The van der Waals surface area contributed by atoms with Crippen molar-refractivity contribution in [2.75, 3.05) is 7.11 Å². The van der Waals surface area contributed by atoms with E-state index in [4.69, 9.17) is 0 Å². The molecule has 0 aliphatic rings. The van der Waals surface area contributed by atoms with Gasteiger partial charge in [-0.2, -0.15) is 0 Å². The van der Waals surface area contributed by atoms with Crippen molar-refractivity contribution in [1.82, 2.24) is 0 Å². The van der Waals surface area contributed by atoms with E-state index in [0.717, 1.165) is 0 Å². The number of aldehydes is 1. The van der Waals surface area contributed by atoms with E-state index in [-0.39, 0.29) is 0 Å². The van der Waals surface area contributed by atoms with Crippen molar-refractivity contribution in [3.05, 3.63) is 11.6 Å². The molecule has 4 heteroatoms. The van der Waals surface area contributed by atoms with Crippen LogP contribution in [0.4, 0.5) is 0 Å². The fourth-order valence-corrected chi connectivity index (χ4v) is 1.14. The second-order valence-corrected chi connectivity index (χ2v) is 3.66. The summed E-state index contributed by atoms with van der Waals surface area (Å²) in [5, 5.41) is 9.75.